The van der Waals surface area contributed by atoms with Crippen molar-refractivity contribution in [2.75, 3.05) is 20.2 Å². The van der Waals surface area contributed by atoms with Gasteiger partial charge in [-0.3, -0.25) is 0 Å². The van der Waals surface area contributed by atoms with Gasteiger partial charge in [0, 0.05) is 5.56 Å². The second kappa shape index (κ2) is 6.06. The molecule has 0 bridgehead atoms. The number of benzene rings is 1. The standard InChI is InChI=1S/C12H16FNO.ClH/c1-15-12-3-2-10(13)8-11(12)9-4-6-14-7-5-9;/h2-3,8-9,14H,4-7H2,1H3;1H. The van der Waals surface area contributed by atoms with Crippen molar-refractivity contribution in [3.05, 3.63) is 29.6 Å². The van der Waals surface area contributed by atoms with Gasteiger partial charge in [0.2, 0.25) is 0 Å². The highest BCUT2D eigenvalue weighted by Gasteiger charge is 2.19. The summed E-state index contributed by atoms with van der Waals surface area (Å²) in [6.07, 6.45) is 2.11. The number of piperidine rings is 1. The molecular formula is C12H17ClFNO. The molecule has 1 N–H and O–H groups in total. The van der Waals surface area contributed by atoms with Gasteiger partial charge in [-0.1, -0.05) is 0 Å². The molecule has 0 radical (unpaired) electrons. The van der Waals surface area contributed by atoms with Crippen molar-refractivity contribution < 1.29 is 9.13 Å². The Kier molecular flexibility index (Phi) is 5.03. The van der Waals surface area contributed by atoms with Crippen LogP contribution in [0.1, 0.15) is 24.3 Å². The quantitative estimate of drug-likeness (QED) is 0.865. The van der Waals surface area contributed by atoms with Crippen LogP contribution in [0.2, 0.25) is 0 Å². The summed E-state index contributed by atoms with van der Waals surface area (Å²) in [5.41, 5.74) is 1.01. The third-order valence-corrected chi connectivity index (χ3v) is 2.97. The van der Waals surface area contributed by atoms with Crippen LogP contribution in [0.25, 0.3) is 0 Å². The molecule has 2 nitrogen and oxygen atoms in total. The average molecular weight is 246 g/mol. The van der Waals surface area contributed by atoms with Crippen LogP contribution in [0, 0.1) is 5.82 Å². The molecule has 4 heteroatoms. The van der Waals surface area contributed by atoms with Crippen molar-refractivity contribution in [1.29, 1.82) is 0 Å². The molecule has 1 aromatic rings. The monoisotopic (exact) mass is 245 g/mol. The molecule has 1 heterocycles. The smallest absolute Gasteiger partial charge is 0.123 e. The van der Waals surface area contributed by atoms with Gasteiger partial charge >= 0.3 is 0 Å². The van der Waals surface area contributed by atoms with Crippen LogP contribution in [0.15, 0.2) is 18.2 Å². The van der Waals surface area contributed by atoms with E-state index >= 15 is 0 Å². The summed E-state index contributed by atoms with van der Waals surface area (Å²) in [7, 11) is 1.64. The molecule has 1 fully saturated rings. The largest absolute Gasteiger partial charge is 0.496 e. The molecule has 0 amide bonds. The summed E-state index contributed by atoms with van der Waals surface area (Å²) >= 11 is 0. The first-order chi connectivity index (χ1) is 7.31. The van der Waals surface area contributed by atoms with Crippen molar-refractivity contribution in [2.45, 2.75) is 18.8 Å². The number of methoxy groups -OCH3 is 1. The van der Waals surface area contributed by atoms with Crippen molar-refractivity contribution in [3.63, 3.8) is 0 Å². The molecule has 0 spiro atoms. The topological polar surface area (TPSA) is 21.3 Å². The SMILES string of the molecule is COc1ccc(F)cc1C1CCNCC1.Cl. The van der Waals surface area contributed by atoms with Gasteiger partial charge in [-0.2, -0.15) is 0 Å². The zero-order valence-electron chi connectivity index (χ0n) is 9.33. The Balaban J connectivity index is 0.00000128. The zero-order chi connectivity index (χ0) is 10.7. The average Bonchev–Trinajstić information content (AvgIpc) is 2.30. The molecule has 16 heavy (non-hydrogen) atoms. The van der Waals surface area contributed by atoms with E-state index in [1.165, 1.54) is 6.07 Å². The van der Waals surface area contributed by atoms with E-state index in [1.54, 1.807) is 19.2 Å². The third kappa shape index (κ3) is 2.86. The van der Waals surface area contributed by atoms with Gasteiger partial charge < -0.3 is 10.1 Å². The molecule has 1 aliphatic rings. The van der Waals surface area contributed by atoms with E-state index in [2.05, 4.69) is 5.32 Å². The van der Waals surface area contributed by atoms with Crippen molar-refractivity contribution >= 4 is 12.4 Å². The van der Waals surface area contributed by atoms with Gasteiger partial charge in [0.1, 0.15) is 11.6 Å². The van der Waals surface area contributed by atoms with Crippen LogP contribution in [-0.2, 0) is 0 Å². The van der Waals surface area contributed by atoms with Gasteiger partial charge in [0.25, 0.3) is 0 Å². The molecule has 0 unspecified atom stereocenters. The summed E-state index contributed by atoms with van der Waals surface area (Å²) in [6.45, 7) is 2.01. The molecule has 0 atom stereocenters. The van der Waals surface area contributed by atoms with Gasteiger partial charge in [0.15, 0.2) is 0 Å². The van der Waals surface area contributed by atoms with Crippen molar-refractivity contribution in [1.82, 2.24) is 5.32 Å². The number of halogens is 2. The van der Waals surface area contributed by atoms with Crippen molar-refractivity contribution in [3.8, 4) is 5.75 Å². The minimum Gasteiger partial charge on any atom is -0.496 e. The first-order valence-electron chi connectivity index (χ1n) is 5.35. The maximum absolute atomic E-state index is 13.2. The maximum Gasteiger partial charge on any atom is 0.123 e. The number of hydrogen-bond donors (Lipinski definition) is 1. The molecular weight excluding hydrogens is 229 g/mol. The second-order valence-corrected chi connectivity index (χ2v) is 3.91. The van der Waals surface area contributed by atoms with Gasteiger partial charge in [-0.25, -0.2) is 4.39 Å². The first-order valence-corrected chi connectivity index (χ1v) is 5.35. The fourth-order valence-electron chi connectivity index (χ4n) is 2.16. The summed E-state index contributed by atoms with van der Waals surface area (Å²) in [6, 6.07) is 4.77. The summed E-state index contributed by atoms with van der Waals surface area (Å²) in [5.74, 6) is 1.06. The Bertz CT molecular complexity index is 340. The lowest BCUT2D eigenvalue weighted by atomic mass is 9.89. The lowest BCUT2D eigenvalue weighted by Gasteiger charge is -2.24. The Morgan fingerprint density at radius 3 is 2.62 bits per heavy atom. The van der Waals surface area contributed by atoms with E-state index in [-0.39, 0.29) is 18.2 Å². The highest BCUT2D eigenvalue weighted by Crippen LogP contribution is 2.32. The molecule has 0 aromatic heterocycles. The van der Waals surface area contributed by atoms with E-state index < -0.39 is 0 Å². The lowest BCUT2D eigenvalue weighted by Crippen LogP contribution is -2.26. The molecule has 1 aliphatic heterocycles. The van der Waals surface area contributed by atoms with Gasteiger partial charge in [-0.05, 0) is 50.0 Å². The normalized spacial score (nSPS) is 16.6. The zero-order valence-corrected chi connectivity index (χ0v) is 10.1. The Morgan fingerprint density at radius 1 is 1.31 bits per heavy atom. The van der Waals surface area contributed by atoms with Crippen LogP contribution in [0.4, 0.5) is 4.39 Å². The van der Waals surface area contributed by atoms with E-state index in [1.807, 2.05) is 0 Å². The van der Waals surface area contributed by atoms with Gasteiger partial charge in [-0.15, -0.1) is 12.4 Å². The Hall–Kier alpha value is -0.800. The number of ether oxygens (including phenoxy) is 1. The molecule has 1 aromatic carbocycles. The van der Waals surface area contributed by atoms with E-state index in [0.717, 1.165) is 37.2 Å². The number of rotatable bonds is 2. The maximum atomic E-state index is 13.2. The third-order valence-electron chi connectivity index (χ3n) is 2.97. The molecule has 0 aliphatic carbocycles. The lowest BCUT2D eigenvalue weighted by molar-refractivity contribution is 0.390. The predicted molar refractivity (Wildman–Crippen MR) is 65.0 cm³/mol. The van der Waals surface area contributed by atoms with Crippen LogP contribution in [0.3, 0.4) is 0 Å². The summed E-state index contributed by atoms with van der Waals surface area (Å²) in [5, 5.41) is 3.30. The fraction of sp³-hybridized carbons (Fsp3) is 0.500. The number of hydrogen-bond acceptors (Lipinski definition) is 2. The highest BCUT2D eigenvalue weighted by molar-refractivity contribution is 5.85. The Morgan fingerprint density at radius 2 is 2.00 bits per heavy atom. The van der Waals surface area contributed by atoms with E-state index in [4.69, 9.17) is 4.74 Å². The minimum absolute atomic E-state index is 0. The van der Waals surface area contributed by atoms with Crippen LogP contribution < -0.4 is 10.1 Å². The Labute approximate surface area is 102 Å². The minimum atomic E-state index is -0.177. The summed E-state index contributed by atoms with van der Waals surface area (Å²) < 4.78 is 18.4. The van der Waals surface area contributed by atoms with E-state index in [0.29, 0.717) is 5.92 Å². The molecule has 2 rings (SSSR count). The highest BCUT2D eigenvalue weighted by atomic mass is 35.5. The molecule has 1 saturated heterocycles. The first kappa shape index (κ1) is 13.3. The van der Waals surface area contributed by atoms with Gasteiger partial charge in [0.05, 0.1) is 7.11 Å². The van der Waals surface area contributed by atoms with Crippen LogP contribution in [0.5, 0.6) is 5.75 Å². The van der Waals surface area contributed by atoms with Crippen LogP contribution in [-0.4, -0.2) is 20.2 Å². The summed E-state index contributed by atoms with van der Waals surface area (Å²) in [4.78, 5) is 0. The van der Waals surface area contributed by atoms with E-state index in [9.17, 15) is 4.39 Å². The predicted octanol–water partition coefficient (Wildman–Crippen LogP) is 2.72. The molecule has 0 saturated carbocycles. The fourth-order valence-corrected chi connectivity index (χ4v) is 2.16. The number of nitrogens with one attached hydrogen (secondary N) is 1. The molecule has 90 valence electrons. The van der Waals surface area contributed by atoms with Crippen molar-refractivity contribution in [2.24, 2.45) is 0 Å². The second-order valence-electron chi connectivity index (χ2n) is 3.91. The van der Waals surface area contributed by atoms with Crippen LogP contribution >= 0.6 is 12.4 Å².